The molecule has 3 rings (SSSR count). The van der Waals surface area contributed by atoms with Crippen LogP contribution in [0.4, 0.5) is 11.5 Å². The van der Waals surface area contributed by atoms with Gasteiger partial charge >= 0.3 is 5.97 Å². The number of nitrogens with zero attached hydrogens (tertiary/aromatic N) is 1. The Bertz CT molecular complexity index is 975. The number of methoxy groups -OCH3 is 3. The number of benzene rings is 2. The number of anilines is 2. The SMILES string of the molecule is COC(=O)c1cnc(Nc2cc(Cl)c(OC)cc2OC)c2ccccc12. The highest BCUT2D eigenvalue weighted by molar-refractivity contribution is 6.32. The summed E-state index contributed by atoms with van der Waals surface area (Å²) in [4.78, 5) is 16.4. The summed E-state index contributed by atoms with van der Waals surface area (Å²) < 4.78 is 15.4. The summed E-state index contributed by atoms with van der Waals surface area (Å²) >= 11 is 6.23. The fourth-order valence-corrected chi connectivity index (χ4v) is 2.89. The molecular formula is C19H17ClN2O4. The summed E-state index contributed by atoms with van der Waals surface area (Å²) in [5, 5.41) is 5.15. The van der Waals surface area contributed by atoms with Crippen LogP contribution in [0.1, 0.15) is 10.4 Å². The Hall–Kier alpha value is -2.99. The van der Waals surface area contributed by atoms with E-state index >= 15 is 0 Å². The second-order valence-electron chi connectivity index (χ2n) is 5.37. The van der Waals surface area contributed by atoms with Crippen molar-refractivity contribution in [2.45, 2.75) is 0 Å². The Morgan fingerprint density at radius 3 is 2.38 bits per heavy atom. The van der Waals surface area contributed by atoms with Gasteiger partial charge in [-0.25, -0.2) is 9.78 Å². The highest BCUT2D eigenvalue weighted by Crippen LogP contribution is 2.38. The van der Waals surface area contributed by atoms with Crippen LogP contribution in [-0.2, 0) is 4.74 Å². The first-order chi connectivity index (χ1) is 12.6. The van der Waals surface area contributed by atoms with E-state index in [4.69, 9.17) is 25.8 Å². The molecule has 0 aliphatic heterocycles. The highest BCUT2D eigenvalue weighted by atomic mass is 35.5. The molecule has 2 aromatic carbocycles. The third-order valence-electron chi connectivity index (χ3n) is 3.93. The average molecular weight is 373 g/mol. The van der Waals surface area contributed by atoms with Crippen LogP contribution in [0.2, 0.25) is 5.02 Å². The minimum Gasteiger partial charge on any atom is -0.495 e. The molecule has 6 nitrogen and oxygen atoms in total. The van der Waals surface area contributed by atoms with Gasteiger partial charge in [0.25, 0.3) is 0 Å². The average Bonchev–Trinajstić information content (AvgIpc) is 2.68. The third-order valence-corrected chi connectivity index (χ3v) is 4.22. The van der Waals surface area contributed by atoms with Crippen LogP contribution >= 0.6 is 11.6 Å². The van der Waals surface area contributed by atoms with Crippen LogP contribution in [0.5, 0.6) is 11.5 Å². The molecule has 0 aliphatic rings. The van der Waals surface area contributed by atoms with Gasteiger partial charge in [-0.05, 0) is 6.07 Å². The van der Waals surface area contributed by atoms with Crippen molar-refractivity contribution in [3.05, 3.63) is 53.2 Å². The molecule has 7 heteroatoms. The number of aromatic nitrogens is 1. The summed E-state index contributed by atoms with van der Waals surface area (Å²) in [6.07, 6.45) is 1.48. The van der Waals surface area contributed by atoms with E-state index in [-0.39, 0.29) is 0 Å². The lowest BCUT2D eigenvalue weighted by Gasteiger charge is -2.15. The Morgan fingerprint density at radius 2 is 1.73 bits per heavy atom. The Balaban J connectivity index is 2.11. The Kier molecular flexibility index (Phi) is 5.14. The lowest BCUT2D eigenvalue weighted by atomic mass is 10.1. The zero-order chi connectivity index (χ0) is 18.7. The predicted octanol–water partition coefficient (Wildman–Crippen LogP) is 4.44. The number of rotatable bonds is 5. The van der Waals surface area contributed by atoms with Crippen LogP contribution in [0, 0.1) is 0 Å². The molecular weight excluding hydrogens is 356 g/mol. The summed E-state index contributed by atoms with van der Waals surface area (Å²) in [5.41, 5.74) is 1.02. The monoisotopic (exact) mass is 372 g/mol. The maximum atomic E-state index is 12.0. The summed E-state index contributed by atoms with van der Waals surface area (Å²) in [6.45, 7) is 0. The number of ether oxygens (including phenoxy) is 3. The Labute approximate surface area is 155 Å². The molecule has 0 radical (unpaired) electrons. The smallest absolute Gasteiger partial charge is 0.340 e. The second kappa shape index (κ2) is 7.49. The topological polar surface area (TPSA) is 69.7 Å². The summed E-state index contributed by atoms with van der Waals surface area (Å²) in [5.74, 6) is 1.18. The molecule has 26 heavy (non-hydrogen) atoms. The number of hydrogen-bond acceptors (Lipinski definition) is 6. The standard InChI is InChI=1S/C19H17ClN2O4/c1-24-16-9-17(25-2)15(8-14(16)20)22-18-12-7-5-4-6-11(12)13(10-21-18)19(23)26-3/h4-10H,1-3H3,(H,21,22). The van der Waals surface area contributed by atoms with Crippen LogP contribution in [0.3, 0.4) is 0 Å². The van der Waals surface area contributed by atoms with E-state index in [0.29, 0.717) is 33.6 Å². The van der Waals surface area contributed by atoms with Crippen molar-refractivity contribution < 1.29 is 19.0 Å². The van der Waals surface area contributed by atoms with Crippen LogP contribution < -0.4 is 14.8 Å². The van der Waals surface area contributed by atoms with Gasteiger partial charge in [0.2, 0.25) is 0 Å². The van der Waals surface area contributed by atoms with Crippen LogP contribution in [-0.4, -0.2) is 32.3 Å². The first kappa shape index (κ1) is 17.8. The molecule has 0 saturated heterocycles. The minimum absolute atomic E-state index is 0.397. The van der Waals surface area contributed by atoms with Crippen molar-refractivity contribution in [2.24, 2.45) is 0 Å². The van der Waals surface area contributed by atoms with Gasteiger partial charge in [0, 0.05) is 23.0 Å². The van der Waals surface area contributed by atoms with Crippen molar-refractivity contribution in [2.75, 3.05) is 26.6 Å². The molecule has 0 unspecified atom stereocenters. The number of carbonyl (C=O) groups excluding carboxylic acids is 1. The van der Waals surface area contributed by atoms with Gasteiger partial charge in [-0.15, -0.1) is 0 Å². The molecule has 0 saturated carbocycles. The molecule has 1 heterocycles. The molecule has 0 fully saturated rings. The minimum atomic E-state index is -0.440. The molecule has 1 N–H and O–H groups in total. The zero-order valence-electron chi connectivity index (χ0n) is 14.5. The second-order valence-corrected chi connectivity index (χ2v) is 5.78. The van der Waals surface area contributed by atoms with Gasteiger partial charge in [-0.3, -0.25) is 0 Å². The van der Waals surface area contributed by atoms with Crippen molar-refractivity contribution in [1.29, 1.82) is 0 Å². The molecule has 0 atom stereocenters. The number of fused-ring (bicyclic) bond motifs is 1. The largest absolute Gasteiger partial charge is 0.495 e. The summed E-state index contributed by atoms with van der Waals surface area (Å²) in [6, 6.07) is 10.8. The Morgan fingerprint density at radius 1 is 1.04 bits per heavy atom. The first-order valence-corrected chi connectivity index (χ1v) is 8.11. The molecule has 0 aliphatic carbocycles. The van der Waals surface area contributed by atoms with Gasteiger partial charge in [-0.1, -0.05) is 35.9 Å². The van der Waals surface area contributed by atoms with Crippen molar-refractivity contribution in [3.63, 3.8) is 0 Å². The molecule has 134 valence electrons. The maximum Gasteiger partial charge on any atom is 0.340 e. The lowest BCUT2D eigenvalue weighted by molar-refractivity contribution is 0.0602. The van der Waals surface area contributed by atoms with E-state index in [1.165, 1.54) is 20.4 Å². The third kappa shape index (κ3) is 3.23. The number of halogens is 1. The molecule has 0 bridgehead atoms. The van der Waals surface area contributed by atoms with Gasteiger partial charge in [0.05, 0.1) is 37.6 Å². The zero-order valence-corrected chi connectivity index (χ0v) is 15.3. The fourth-order valence-electron chi connectivity index (χ4n) is 2.65. The van der Waals surface area contributed by atoms with E-state index in [2.05, 4.69) is 10.3 Å². The van der Waals surface area contributed by atoms with Crippen molar-refractivity contribution in [1.82, 2.24) is 4.98 Å². The van der Waals surface area contributed by atoms with E-state index in [9.17, 15) is 4.79 Å². The highest BCUT2D eigenvalue weighted by Gasteiger charge is 2.16. The van der Waals surface area contributed by atoms with Crippen LogP contribution in [0.25, 0.3) is 10.8 Å². The van der Waals surface area contributed by atoms with Crippen molar-refractivity contribution >= 4 is 39.8 Å². The normalized spacial score (nSPS) is 10.5. The lowest BCUT2D eigenvalue weighted by Crippen LogP contribution is -2.05. The quantitative estimate of drug-likeness (QED) is 0.668. The van der Waals surface area contributed by atoms with E-state index < -0.39 is 5.97 Å². The van der Waals surface area contributed by atoms with E-state index in [1.54, 1.807) is 19.2 Å². The molecule has 0 spiro atoms. The number of hydrogen-bond donors (Lipinski definition) is 1. The number of carbonyl (C=O) groups is 1. The van der Waals surface area contributed by atoms with Gasteiger partial charge in [0.15, 0.2) is 0 Å². The van der Waals surface area contributed by atoms with Crippen molar-refractivity contribution in [3.8, 4) is 11.5 Å². The van der Waals surface area contributed by atoms with Crippen LogP contribution in [0.15, 0.2) is 42.6 Å². The van der Waals surface area contributed by atoms with E-state index in [1.807, 2.05) is 24.3 Å². The van der Waals surface area contributed by atoms with Gasteiger partial charge in [-0.2, -0.15) is 0 Å². The predicted molar refractivity (Wildman–Crippen MR) is 101 cm³/mol. The fraction of sp³-hybridized carbons (Fsp3) is 0.158. The van der Waals surface area contributed by atoms with Gasteiger partial charge in [0.1, 0.15) is 17.3 Å². The molecule has 3 aromatic rings. The number of esters is 1. The first-order valence-electron chi connectivity index (χ1n) is 7.73. The molecule has 0 amide bonds. The number of nitrogens with one attached hydrogen (secondary N) is 1. The summed E-state index contributed by atoms with van der Waals surface area (Å²) in [7, 11) is 4.43. The number of pyridine rings is 1. The van der Waals surface area contributed by atoms with Gasteiger partial charge < -0.3 is 19.5 Å². The van der Waals surface area contributed by atoms with E-state index in [0.717, 1.165) is 10.8 Å². The maximum absolute atomic E-state index is 12.0. The molecule has 1 aromatic heterocycles.